The number of carbonyl (C=O) groups excluding carboxylic acids is 1. The SMILES string of the molecule is NCCC(CN)C(=O)[C@H](N)CCC(=O)O. The fourth-order valence-corrected chi connectivity index (χ4v) is 1.30. The van der Waals surface area contributed by atoms with Crippen molar-refractivity contribution in [1.82, 2.24) is 0 Å². The number of ketones is 1. The summed E-state index contributed by atoms with van der Waals surface area (Å²) in [5, 5.41) is 8.43. The van der Waals surface area contributed by atoms with Crippen LogP contribution < -0.4 is 17.2 Å². The third-order valence-corrected chi connectivity index (χ3v) is 2.24. The van der Waals surface area contributed by atoms with E-state index in [1.807, 2.05) is 0 Å². The Morgan fingerprint density at radius 1 is 1.20 bits per heavy atom. The molecule has 0 aromatic heterocycles. The number of aliphatic carboxylic acids is 1. The van der Waals surface area contributed by atoms with Crippen LogP contribution in [0.3, 0.4) is 0 Å². The minimum absolute atomic E-state index is 0.104. The van der Waals surface area contributed by atoms with E-state index in [2.05, 4.69) is 0 Å². The minimum Gasteiger partial charge on any atom is -0.481 e. The van der Waals surface area contributed by atoms with Crippen LogP contribution in [0.1, 0.15) is 19.3 Å². The molecule has 0 saturated carbocycles. The lowest BCUT2D eigenvalue weighted by Gasteiger charge is -2.17. The van der Waals surface area contributed by atoms with Gasteiger partial charge >= 0.3 is 5.97 Å². The van der Waals surface area contributed by atoms with Gasteiger partial charge in [0.05, 0.1) is 6.04 Å². The summed E-state index contributed by atoms with van der Waals surface area (Å²) in [6.07, 6.45) is 0.540. The van der Waals surface area contributed by atoms with Gasteiger partial charge in [-0.1, -0.05) is 0 Å². The second-order valence-corrected chi connectivity index (χ2v) is 3.45. The van der Waals surface area contributed by atoms with Crippen LogP contribution in [0.2, 0.25) is 0 Å². The second-order valence-electron chi connectivity index (χ2n) is 3.45. The molecule has 88 valence electrons. The number of nitrogens with two attached hydrogens (primary N) is 3. The number of carboxylic acids is 1. The fourth-order valence-electron chi connectivity index (χ4n) is 1.30. The zero-order valence-electron chi connectivity index (χ0n) is 8.69. The lowest BCUT2D eigenvalue weighted by molar-refractivity contribution is -0.137. The normalized spacial score (nSPS) is 14.6. The molecular weight excluding hydrogens is 198 g/mol. The summed E-state index contributed by atoms with van der Waals surface area (Å²) in [7, 11) is 0. The summed E-state index contributed by atoms with van der Waals surface area (Å²) in [5.41, 5.74) is 16.3. The Labute approximate surface area is 88.8 Å². The van der Waals surface area contributed by atoms with Crippen molar-refractivity contribution in [3.05, 3.63) is 0 Å². The van der Waals surface area contributed by atoms with E-state index in [1.165, 1.54) is 0 Å². The first kappa shape index (κ1) is 14.0. The highest BCUT2D eigenvalue weighted by Crippen LogP contribution is 2.07. The maximum Gasteiger partial charge on any atom is 0.303 e. The highest BCUT2D eigenvalue weighted by Gasteiger charge is 2.22. The quantitative estimate of drug-likeness (QED) is 0.398. The molecule has 0 aromatic rings. The van der Waals surface area contributed by atoms with Crippen molar-refractivity contribution >= 4 is 11.8 Å². The molecule has 0 amide bonds. The Bertz CT molecular complexity index is 221. The standard InChI is InChI=1S/C9H19N3O3/c10-4-3-6(5-11)9(15)7(12)1-2-8(13)14/h6-7H,1-5,10-12H2,(H,13,14)/t6?,7-/m1/s1. The average molecular weight is 217 g/mol. The first-order chi connectivity index (χ1) is 7.02. The first-order valence-electron chi connectivity index (χ1n) is 4.94. The monoisotopic (exact) mass is 217 g/mol. The van der Waals surface area contributed by atoms with Gasteiger partial charge in [-0.15, -0.1) is 0 Å². The molecule has 0 aliphatic rings. The van der Waals surface area contributed by atoms with E-state index in [0.29, 0.717) is 13.0 Å². The molecule has 7 N–H and O–H groups in total. The fraction of sp³-hybridized carbons (Fsp3) is 0.778. The third kappa shape index (κ3) is 5.46. The number of hydrogen-bond acceptors (Lipinski definition) is 5. The van der Waals surface area contributed by atoms with E-state index in [1.54, 1.807) is 0 Å². The van der Waals surface area contributed by atoms with E-state index in [9.17, 15) is 9.59 Å². The molecule has 0 spiro atoms. The van der Waals surface area contributed by atoms with E-state index >= 15 is 0 Å². The van der Waals surface area contributed by atoms with Crippen molar-refractivity contribution in [1.29, 1.82) is 0 Å². The van der Waals surface area contributed by atoms with Crippen molar-refractivity contribution in [2.24, 2.45) is 23.1 Å². The molecule has 0 fully saturated rings. The van der Waals surface area contributed by atoms with Gasteiger partial charge in [0.15, 0.2) is 5.78 Å². The van der Waals surface area contributed by atoms with E-state index < -0.39 is 12.0 Å². The van der Waals surface area contributed by atoms with E-state index in [0.717, 1.165) is 0 Å². The highest BCUT2D eigenvalue weighted by atomic mass is 16.4. The molecule has 1 unspecified atom stereocenters. The minimum atomic E-state index is -0.957. The Morgan fingerprint density at radius 3 is 2.20 bits per heavy atom. The van der Waals surface area contributed by atoms with Crippen molar-refractivity contribution in [2.75, 3.05) is 13.1 Å². The number of carboxylic acid groups (broad SMARTS) is 1. The molecular formula is C9H19N3O3. The van der Waals surface area contributed by atoms with Crippen LogP contribution in [0.4, 0.5) is 0 Å². The Balaban J connectivity index is 4.09. The topological polar surface area (TPSA) is 132 Å². The zero-order valence-corrected chi connectivity index (χ0v) is 8.69. The van der Waals surface area contributed by atoms with Crippen molar-refractivity contribution in [2.45, 2.75) is 25.3 Å². The van der Waals surface area contributed by atoms with Crippen LogP contribution in [-0.2, 0) is 9.59 Å². The summed E-state index contributed by atoms with van der Waals surface area (Å²) >= 11 is 0. The third-order valence-electron chi connectivity index (χ3n) is 2.24. The van der Waals surface area contributed by atoms with Crippen molar-refractivity contribution < 1.29 is 14.7 Å². The predicted molar refractivity (Wildman–Crippen MR) is 56.1 cm³/mol. The highest BCUT2D eigenvalue weighted by molar-refractivity contribution is 5.86. The van der Waals surface area contributed by atoms with E-state index in [-0.39, 0.29) is 31.1 Å². The molecule has 0 saturated heterocycles. The van der Waals surface area contributed by atoms with Gasteiger partial charge in [0.25, 0.3) is 0 Å². The molecule has 2 atom stereocenters. The summed E-state index contributed by atoms with van der Waals surface area (Å²) in [4.78, 5) is 21.9. The number of rotatable bonds is 8. The Morgan fingerprint density at radius 2 is 1.80 bits per heavy atom. The molecule has 0 aromatic carbocycles. The number of hydrogen-bond donors (Lipinski definition) is 4. The van der Waals surface area contributed by atoms with Gasteiger partial charge in [-0.25, -0.2) is 0 Å². The maximum absolute atomic E-state index is 11.6. The van der Waals surface area contributed by atoms with Gasteiger partial charge in [0.2, 0.25) is 0 Å². The lowest BCUT2D eigenvalue weighted by atomic mass is 9.93. The molecule has 15 heavy (non-hydrogen) atoms. The molecule has 0 aliphatic carbocycles. The van der Waals surface area contributed by atoms with Gasteiger partial charge in [-0.3, -0.25) is 9.59 Å². The molecule has 0 heterocycles. The summed E-state index contributed by atoms with van der Waals surface area (Å²) in [5.74, 6) is -1.50. The smallest absolute Gasteiger partial charge is 0.303 e. The van der Waals surface area contributed by atoms with Crippen LogP contribution in [-0.4, -0.2) is 36.0 Å². The van der Waals surface area contributed by atoms with Crippen LogP contribution in [0.25, 0.3) is 0 Å². The van der Waals surface area contributed by atoms with Crippen molar-refractivity contribution in [3.8, 4) is 0 Å². The van der Waals surface area contributed by atoms with Crippen LogP contribution in [0.15, 0.2) is 0 Å². The van der Waals surface area contributed by atoms with Gasteiger partial charge in [0, 0.05) is 18.9 Å². The van der Waals surface area contributed by atoms with E-state index in [4.69, 9.17) is 22.3 Å². The molecule has 0 radical (unpaired) electrons. The Hall–Kier alpha value is -0.980. The summed E-state index contributed by atoms with van der Waals surface area (Å²) in [6.45, 7) is 0.579. The molecule has 0 bridgehead atoms. The predicted octanol–water partition coefficient (Wildman–Crippen LogP) is -1.33. The van der Waals surface area contributed by atoms with Crippen molar-refractivity contribution in [3.63, 3.8) is 0 Å². The molecule has 0 rings (SSSR count). The zero-order chi connectivity index (χ0) is 11.8. The van der Waals surface area contributed by atoms with Crippen LogP contribution in [0, 0.1) is 5.92 Å². The summed E-state index contributed by atoms with van der Waals surface area (Å²) in [6, 6.07) is -0.749. The van der Waals surface area contributed by atoms with Crippen LogP contribution >= 0.6 is 0 Å². The largest absolute Gasteiger partial charge is 0.481 e. The van der Waals surface area contributed by atoms with Gasteiger partial charge in [-0.05, 0) is 19.4 Å². The molecule has 6 nitrogen and oxygen atoms in total. The van der Waals surface area contributed by atoms with Gasteiger partial charge in [-0.2, -0.15) is 0 Å². The Kier molecular flexibility index (Phi) is 6.85. The van der Waals surface area contributed by atoms with Crippen LogP contribution in [0.5, 0.6) is 0 Å². The average Bonchev–Trinajstić information content (AvgIpc) is 2.21. The number of carbonyl (C=O) groups is 2. The molecule has 6 heteroatoms. The lowest BCUT2D eigenvalue weighted by Crippen LogP contribution is -2.39. The number of Topliss-reactive ketones (excluding diaryl/α,β-unsaturated/α-hetero) is 1. The van der Waals surface area contributed by atoms with Gasteiger partial charge < -0.3 is 22.3 Å². The maximum atomic E-state index is 11.6. The molecule has 0 aliphatic heterocycles. The first-order valence-corrected chi connectivity index (χ1v) is 4.94. The second kappa shape index (κ2) is 7.33. The van der Waals surface area contributed by atoms with Gasteiger partial charge in [0.1, 0.15) is 0 Å². The summed E-state index contributed by atoms with van der Waals surface area (Å²) < 4.78 is 0.